The lowest BCUT2D eigenvalue weighted by Gasteiger charge is -2.14. The second kappa shape index (κ2) is 3.95. The third-order valence-corrected chi connectivity index (χ3v) is 3.31. The van der Waals surface area contributed by atoms with E-state index >= 15 is 0 Å². The number of nitrogens with one attached hydrogen (secondary N) is 2. The maximum Gasteiger partial charge on any atom is 0.137 e. The third kappa shape index (κ3) is 1.93. The molecule has 19 heavy (non-hydrogen) atoms. The van der Waals surface area contributed by atoms with E-state index in [0.717, 1.165) is 33.8 Å². The summed E-state index contributed by atoms with van der Waals surface area (Å²) < 4.78 is 0. The first kappa shape index (κ1) is 12.0. The summed E-state index contributed by atoms with van der Waals surface area (Å²) in [6.45, 7) is 8.55. The maximum atomic E-state index is 4.78. The first-order chi connectivity index (χ1) is 8.97. The molecule has 0 aliphatic rings. The van der Waals surface area contributed by atoms with Crippen molar-refractivity contribution in [3.63, 3.8) is 0 Å². The molecule has 0 saturated heterocycles. The Labute approximate surface area is 112 Å². The van der Waals surface area contributed by atoms with Crippen molar-refractivity contribution in [3.05, 3.63) is 36.0 Å². The SMILES string of the molecule is Cc1[nH]c(C(C)(C)C)nc1-c1ccnc2[nH]ccc12. The minimum Gasteiger partial charge on any atom is -0.346 e. The number of imidazole rings is 1. The van der Waals surface area contributed by atoms with Gasteiger partial charge in [-0.3, -0.25) is 0 Å². The van der Waals surface area contributed by atoms with Crippen LogP contribution in [0.5, 0.6) is 0 Å². The molecule has 0 bridgehead atoms. The molecule has 0 atom stereocenters. The number of nitrogens with zero attached hydrogens (tertiary/aromatic N) is 2. The van der Waals surface area contributed by atoms with Crippen LogP contribution in [-0.2, 0) is 5.41 Å². The Balaban J connectivity index is 2.22. The van der Waals surface area contributed by atoms with E-state index in [0.29, 0.717) is 0 Å². The van der Waals surface area contributed by atoms with Crippen LogP contribution < -0.4 is 0 Å². The number of fused-ring (bicyclic) bond motifs is 1. The summed E-state index contributed by atoms with van der Waals surface area (Å²) >= 11 is 0. The molecule has 0 aliphatic carbocycles. The molecule has 3 aromatic rings. The Kier molecular flexibility index (Phi) is 2.49. The molecular formula is C15H18N4. The van der Waals surface area contributed by atoms with Crippen molar-refractivity contribution >= 4 is 11.0 Å². The molecule has 4 nitrogen and oxygen atoms in total. The number of rotatable bonds is 1. The monoisotopic (exact) mass is 254 g/mol. The average molecular weight is 254 g/mol. The molecule has 3 rings (SSSR count). The topological polar surface area (TPSA) is 57.4 Å². The molecule has 0 aromatic carbocycles. The zero-order valence-corrected chi connectivity index (χ0v) is 11.7. The summed E-state index contributed by atoms with van der Waals surface area (Å²) in [5.41, 5.74) is 4.15. The number of hydrogen-bond acceptors (Lipinski definition) is 2. The number of hydrogen-bond donors (Lipinski definition) is 2. The highest BCUT2D eigenvalue weighted by Crippen LogP contribution is 2.30. The summed E-state index contributed by atoms with van der Waals surface area (Å²) in [5.74, 6) is 1.01. The average Bonchev–Trinajstić information content (AvgIpc) is 2.93. The van der Waals surface area contributed by atoms with Crippen molar-refractivity contribution in [1.29, 1.82) is 0 Å². The van der Waals surface area contributed by atoms with Crippen molar-refractivity contribution < 1.29 is 0 Å². The van der Waals surface area contributed by atoms with Crippen LogP contribution in [0.25, 0.3) is 22.3 Å². The number of H-pyrrole nitrogens is 2. The summed E-state index contributed by atoms with van der Waals surface area (Å²) in [6, 6.07) is 4.06. The van der Waals surface area contributed by atoms with E-state index in [1.807, 2.05) is 24.5 Å². The Morgan fingerprint density at radius 2 is 1.95 bits per heavy atom. The van der Waals surface area contributed by atoms with Crippen LogP contribution in [0.1, 0.15) is 32.3 Å². The van der Waals surface area contributed by atoms with Gasteiger partial charge in [-0.15, -0.1) is 0 Å². The molecule has 2 N–H and O–H groups in total. The lowest BCUT2D eigenvalue weighted by Crippen LogP contribution is -2.13. The zero-order valence-electron chi connectivity index (χ0n) is 11.7. The molecule has 0 fully saturated rings. The van der Waals surface area contributed by atoms with Gasteiger partial charge in [0.15, 0.2) is 0 Å². The Hall–Kier alpha value is -2.10. The number of pyridine rings is 1. The number of aromatic amines is 2. The fourth-order valence-electron chi connectivity index (χ4n) is 2.25. The van der Waals surface area contributed by atoms with Crippen LogP contribution in [-0.4, -0.2) is 19.9 Å². The molecule has 0 aliphatic heterocycles. The van der Waals surface area contributed by atoms with Crippen molar-refractivity contribution in [2.45, 2.75) is 33.1 Å². The van der Waals surface area contributed by atoms with Crippen LogP contribution in [0, 0.1) is 6.92 Å². The first-order valence-electron chi connectivity index (χ1n) is 6.46. The molecule has 0 spiro atoms. The van der Waals surface area contributed by atoms with Crippen molar-refractivity contribution in [2.75, 3.05) is 0 Å². The quantitative estimate of drug-likeness (QED) is 0.697. The van der Waals surface area contributed by atoms with Gasteiger partial charge >= 0.3 is 0 Å². The van der Waals surface area contributed by atoms with E-state index < -0.39 is 0 Å². The van der Waals surface area contributed by atoms with E-state index in [-0.39, 0.29) is 5.41 Å². The second-order valence-electron chi connectivity index (χ2n) is 5.91. The normalized spacial score (nSPS) is 12.2. The van der Waals surface area contributed by atoms with Gasteiger partial charge in [-0.05, 0) is 19.1 Å². The van der Waals surface area contributed by atoms with Crippen LogP contribution in [0.4, 0.5) is 0 Å². The molecule has 98 valence electrons. The van der Waals surface area contributed by atoms with Gasteiger partial charge in [0.2, 0.25) is 0 Å². The van der Waals surface area contributed by atoms with Gasteiger partial charge in [0, 0.05) is 34.5 Å². The van der Waals surface area contributed by atoms with Crippen LogP contribution in [0.3, 0.4) is 0 Å². The van der Waals surface area contributed by atoms with Crippen LogP contribution in [0.15, 0.2) is 24.5 Å². The minimum atomic E-state index is 0.0211. The third-order valence-electron chi connectivity index (χ3n) is 3.31. The summed E-state index contributed by atoms with van der Waals surface area (Å²) in [6.07, 6.45) is 3.73. The van der Waals surface area contributed by atoms with Gasteiger partial charge in [-0.1, -0.05) is 20.8 Å². The fourth-order valence-corrected chi connectivity index (χ4v) is 2.25. The lowest BCUT2D eigenvalue weighted by atomic mass is 9.96. The molecule has 0 amide bonds. The van der Waals surface area contributed by atoms with Gasteiger partial charge in [-0.2, -0.15) is 0 Å². The maximum absolute atomic E-state index is 4.78. The Morgan fingerprint density at radius 1 is 1.16 bits per heavy atom. The number of aromatic nitrogens is 4. The van der Waals surface area contributed by atoms with E-state index in [1.165, 1.54) is 0 Å². The summed E-state index contributed by atoms with van der Waals surface area (Å²) in [7, 11) is 0. The Bertz CT molecular complexity index is 728. The predicted molar refractivity (Wildman–Crippen MR) is 77.1 cm³/mol. The van der Waals surface area contributed by atoms with Crippen molar-refractivity contribution in [1.82, 2.24) is 19.9 Å². The summed E-state index contributed by atoms with van der Waals surface area (Å²) in [5, 5.41) is 1.11. The van der Waals surface area contributed by atoms with Gasteiger partial charge in [0.1, 0.15) is 11.5 Å². The van der Waals surface area contributed by atoms with Crippen molar-refractivity contribution in [2.24, 2.45) is 0 Å². The van der Waals surface area contributed by atoms with Gasteiger partial charge in [-0.25, -0.2) is 9.97 Å². The van der Waals surface area contributed by atoms with E-state index in [9.17, 15) is 0 Å². The predicted octanol–water partition coefficient (Wildman–Crippen LogP) is 3.56. The Morgan fingerprint density at radius 3 is 2.63 bits per heavy atom. The molecule has 3 aromatic heterocycles. The molecule has 0 unspecified atom stereocenters. The van der Waals surface area contributed by atoms with Crippen molar-refractivity contribution in [3.8, 4) is 11.3 Å². The highest BCUT2D eigenvalue weighted by Gasteiger charge is 2.21. The smallest absolute Gasteiger partial charge is 0.137 e. The second-order valence-corrected chi connectivity index (χ2v) is 5.91. The molecule has 0 saturated carbocycles. The van der Waals surface area contributed by atoms with Gasteiger partial charge in [0.05, 0.1) is 5.69 Å². The molecule has 0 radical (unpaired) electrons. The van der Waals surface area contributed by atoms with Crippen LogP contribution >= 0.6 is 0 Å². The van der Waals surface area contributed by atoms with Gasteiger partial charge < -0.3 is 9.97 Å². The number of aryl methyl sites for hydroxylation is 1. The van der Waals surface area contributed by atoms with Crippen LogP contribution in [0.2, 0.25) is 0 Å². The molecule has 4 heteroatoms. The van der Waals surface area contributed by atoms with E-state index in [4.69, 9.17) is 4.98 Å². The first-order valence-corrected chi connectivity index (χ1v) is 6.46. The lowest BCUT2D eigenvalue weighted by molar-refractivity contribution is 0.552. The molecule has 3 heterocycles. The van der Waals surface area contributed by atoms with E-state index in [1.54, 1.807) is 0 Å². The molecular weight excluding hydrogens is 236 g/mol. The highest BCUT2D eigenvalue weighted by molar-refractivity contribution is 5.92. The minimum absolute atomic E-state index is 0.0211. The zero-order chi connectivity index (χ0) is 13.6. The summed E-state index contributed by atoms with van der Waals surface area (Å²) in [4.78, 5) is 15.6. The fraction of sp³-hybridized carbons (Fsp3) is 0.333. The standard InChI is InChI=1S/C15H18N4/c1-9-12(19-14(18-9)15(2,3)4)10-5-7-16-13-11(10)6-8-17-13/h5-8H,1-4H3,(H,16,17)(H,18,19). The van der Waals surface area contributed by atoms with Gasteiger partial charge in [0.25, 0.3) is 0 Å². The largest absolute Gasteiger partial charge is 0.346 e. The van der Waals surface area contributed by atoms with E-state index in [2.05, 4.69) is 42.6 Å². The highest BCUT2D eigenvalue weighted by atomic mass is 15.0.